The van der Waals surface area contributed by atoms with Crippen molar-refractivity contribution in [3.8, 4) is 0 Å². The van der Waals surface area contributed by atoms with Crippen molar-refractivity contribution in [2.75, 3.05) is 42.5 Å². The minimum Gasteiger partial charge on any atom is -0.383 e. The molecule has 0 unspecified atom stereocenters. The Morgan fingerprint density at radius 1 is 1.13 bits per heavy atom. The summed E-state index contributed by atoms with van der Waals surface area (Å²) in [5, 5.41) is 4.11. The molecule has 3 rings (SSSR count). The maximum atomic E-state index is 5.73. The van der Waals surface area contributed by atoms with Crippen LogP contribution in [0.2, 0.25) is 0 Å². The summed E-state index contributed by atoms with van der Waals surface area (Å²) >= 11 is 0. The SMILES string of the molecule is CC(C)c1cc(CN2CCN(c3cc(N)nc(N)n3)CC2)on1. The second kappa shape index (κ2) is 6.41. The van der Waals surface area contributed by atoms with Gasteiger partial charge in [0.15, 0.2) is 5.76 Å². The first-order valence-corrected chi connectivity index (χ1v) is 7.84. The van der Waals surface area contributed by atoms with Crippen LogP contribution in [-0.2, 0) is 6.54 Å². The number of piperazine rings is 1. The van der Waals surface area contributed by atoms with Crippen LogP contribution in [-0.4, -0.2) is 46.2 Å². The van der Waals surface area contributed by atoms with Crippen LogP contribution in [0.25, 0.3) is 0 Å². The van der Waals surface area contributed by atoms with E-state index in [-0.39, 0.29) is 5.95 Å². The van der Waals surface area contributed by atoms with Gasteiger partial charge in [-0.25, -0.2) is 0 Å². The van der Waals surface area contributed by atoms with Crippen LogP contribution in [0.5, 0.6) is 0 Å². The molecule has 4 N–H and O–H groups in total. The lowest BCUT2D eigenvalue weighted by atomic mass is 10.1. The van der Waals surface area contributed by atoms with Gasteiger partial charge in [0.25, 0.3) is 0 Å². The molecule has 2 aromatic heterocycles. The minimum absolute atomic E-state index is 0.213. The van der Waals surface area contributed by atoms with Gasteiger partial charge in [0.1, 0.15) is 11.6 Å². The molecule has 1 saturated heterocycles. The molecule has 3 heterocycles. The van der Waals surface area contributed by atoms with Gasteiger partial charge in [0, 0.05) is 38.3 Å². The first-order valence-electron chi connectivity index (χ1n) is 7.84. The number of hydrogen-bond acceptors (Lipinski definition) is 8. The van der Waals surface area contributed by atoms with Crippen LogP contribution in [0.4, 0.5) is 17.6 Å². The van der Waals surface area contributed by atoms with E-state index in [2.05, 4.69) is 38.8 Å². The summed E-state index contributed by atoms with van der Waals surface area (Å²) in [5.74, 6) is 2.70. The number of rotatable bonds is 4. The molecule has 0 radical (unpaired) electrons. The normalized spacial score (nSPS) is 16.2. The molecule has 0 aliphatic carbocycles. The largest absolute Gasteiger partial charge is 0.383 e. The van der Waals surface area contributed by atoms with E-state index in [9.17, 15) is 0 Å². The van der Waals surface area contributed by atoms with Gasteiger partial charge in [-0.1, -0.05) is 19.0 Å². The maximum absolute atomic E-state index is 5.73. The van der Waals surface area contributed by atoms with E-state index in [4.69, 9.17) is 16.0 Å². The molecule has 8 nitrogen and oxygen atoms in total. The fourth-order valence-corrected chi connectivity index (χ4v) is 2.66. The van der Waals surface area contributed by atoms with E-state index in [1.165, 1.54) is 0 Å². The topological polar surface area (TPSA) is 110 Å². The second-order valence-corrected chi connectivity index (χ2v) is 6.15. The van der Waals surface area contributed by atoms with Gasteiger partial charge in [0.2, 0.25) is 5.95 Å². The molecule has 0 amide bonds. The Labute approximate surface area is 135 Å². The molecule has 0 atom stereocenters. The van der Waals surface area contributed by atoms with Crippen molar-refractivity contribution in [1.82, 2.24) is 20.0 Å². The van der Waals surface area contributed by atoms with E-state index in [0.717, 1.165) is 50.0 Å². The van der Waals surface area contributed by atoms with Gasteiger partial charge >= 0.3 is 0 Å². The molecular weight excluding hydrogens is 294 g/mol. The molecule has 1 aliphatic rings. The molecular formula is C15H23N7O. The van der Waals surface area contributed by atoms with Gasteiger partial charge in [-0.3, -0.25) is 4.90 Å². The minimum atomic E-state index is 0.213. The highest BCUT2D eigenvalue weighted by molar-refractivity contribution is 5.50. The van der Waals surface area contributed by atoms with Gasteiger partial charge in [-0.05, 0) is 5.92 Å². The van der Waals surface area contributed by atoms with Crippen molar-refractivity contribution < 1.29 is 4.52 Å². The van der Waals surface area contributed by atoms with E-state index in [0.29, 0.717) is 11.7 Å². The molecule has 2 aromatic rings. The Morgan fingerprint density at radius 3 is 2.48 bits per heavy atom. The van der Waals surface area contributed by atoms with Crippen molar-refractivity contribution in [3.63, 3.8) is 0 Å². The summed E-state index contributed by atoms with van der Waals surface area (Å²) in [6.45, 7) is 8.56. The lowest BCUT2D eigenvalue weighted by Gasteiger charge is -2.34. The smallest absolute Gasteiger partial charge is 0.223 e. The number of hydrogen-bond donors (Lipinski definition) is 2. The number of nitrogens with zero attached hydrogens (tertiary/aromatic N) is 5. The molecule has 124 valence electrons. The van der Waals surface area contributed by atoms with Crippen LogP contribution in [0.1, 0.15) is 31.2 Å². The van der Waals surface area contributed by atoms with E-state index >= 15 is 0 Å². The molecule has 0 saturated carbocycles. The molecule has 1 fully saturated rings. The van der Waals surface area contributed by atoms with Crippen LogP contribution in [0.15, 0.2) is 16.7 Å². The average Bonchev–Trinajstić information content (AvgIpc) is 2.96. The highest BCUT2D eigenvalue weighted by atomic mass is 16.5. The zero-order valence-corrected chi connectivity index (χ0v) is 13.6. The number of aromatic nitrogens is 3. The summed E-state index contributed by atoms with van der Waals surface area (Å²) in [4.78, 5) is 12.7. The molecule has 0 aromatic carbocycles. The van der Waals surface area contributed by atoms with Gasteiger partial charge in [0.05, 0.1) is 12.2 Å². The molecule has 8 heteroatoms. The summed E-state index contributed by atoms with van der Waals surface area (Å²) in [7, 11) is 0. The van der Waals surface area contributed by atoms with Crippen molar-refractivity contribution in [2.45, 2.75) is 26.3 Å². The van der Waals surface area contributed by atoms with Gasteiger partial charge in [-0.15, -0.1) is 0 Å². The third-order valence-electron chi connectivity index (χ3n) is 3.99. The lowest BCUT2D eigenvalue weighted by Crippen LogP contribution is -2.46. The predicted octanol–water partition coefficient (Wildman–Crippen LogP) is 1.07. The third kappa shape index (κ3) is 3.70. The quantitative estimate of drug-likeness (QED) is 0.861. The first kappa shape index (κ1) is 15.5. The highest BCUT2D eigenvalue weighted by Crippen LogP contribution is 2.19. The van der Waals surface area contributed by atoms with E-state index < -0.39 is 0 Å². The summed E-state index contributed by atoms with van der Waals surface area (Å²) in [6, 6.07) is 3.81. The second-order valence-electron chi connectivity index (χ2n) is 6.15. The van der Waals surface area contributed by atoms with Crippen molar-refractivity contribution >= 4 is 17.6 Å². The van der Waals surface area contributed by atoms with E-state index in [1.54, 1.807) is 6.07 Å². The standard InChI is InChI=1S/C15H23N7O/c1-10(2)12-7-11(23-20-12)9-21-3-5-22(6-4-21)14-8-13(16)18-15(17)19-14/h7-8,10H,3-6,9H2,1-2H3,(H4,16,17,18,19). The van der Waals surface area contributed by atoms with Crippen LogP contribution in [0, 0.1) is 0 Å². The summed E-state index contributed by atoms with van der Waals surface area (Å²) in [5.41, 5.74) is 12.4. The molecule has 0 spiro atoms. The van der Waals surface area contributed by atoms with Crippen molar-refractivity contribution in [1.29, 1.82) is 0 Å². The van der Waals surface area contributed by atoms with Crippen LogP contribution in [0.3, 0.4) is 0 Å². The number of anilines is 3. The zero-order chi connectivity index (χ0) is 16.4. The first-order chi connectivity index (χ1) is 11.0. The molecule has 1 aliphatic heterocycles. The average molecular weight is 317 g/mol. The van der Waals surface area contributed by atoms with E-state index in [1.807, 2.05) is 6.07 Å². The summed E-state index contributed by atoms with van der Waals surface area (Å²) < 4.78 is 5.41. The predicted molar refractivity (Wildman–Crippen MR) is 88.9 cm³/mol. The maximum Gasteiger partial charge on any atom is 0.223 e. The van der Waals surface area contributed by atoms with Gasteiger partial charge in [-0.2, -0.15) is 9.97 Å². The Bertz CT molecular complexity index is 641. The highest BCUT2D eigenvalue weighted by Gasteiger charge is 2.20. The fourth-order valence-electron chi connectivity index (χ4n) is 2.66. The molecule has 23 heavy (non-hydrogen) atoms. The Kier molecular flexibility index (Phi) is 4.33. The summed E-state index contributed by atoms with van der Waals surface area (Å²) in [6.07, 6.45) is 0. The Hall–Kier alpha value is -2.35. The third-order valence-corrected chi connectivity index (χ3v) is 3.99. The zero-order valence-electron chi connectivity index (χ0n) is 13.6. The lowest BCUT2D eigenvalue weighted by molar-refractivity contribution is 0.219. The molecule has 0 bridgehead atoms. The Morgan fingerprint density at radius 2 is 1.87 bits per heavy atom. The van der Waals surface area contributed by atoms with Crippen molar-refractivity contribution in [3.05, 3.63) is 23.6 Å². The number of nitrogen functional groups attached to an aromatic ring is 2. The Balaban J connectivity index is 1.57. The van der Waals surface area contributed by atoms with Crippen LogP contribution >= 0.6 is 0 Å². The van der Waals surface area contributed by atoms with Crippen LogP contribution < -0.4 is 16.4 Å². The monoisotopic (exact) mass is 317 g/mol. The number of nitrogens with two attached hydrogens (primary N) is 2. The van der Waals surface area contributed by atoms with Gasteiger partial charge < -0.3 is 20.9 Å². The van der Waals surface area contributed by atoms with Crippen molar-refractivity contribution in [2.24, 2.45) is 0 Å². The fraction of sp³-hybridized carbons (Fsp3) is 0.533.